The SMILES string of the molecule is Cl.O=C(SCc1ccc(F)cc1F)N1CCNCC1. The van der Waals surface area contributed by atoms with E-state index in [-0.39, 0.29) is 23.4 Å². The van der Waals surface area contributed by atoms with Crippen LogP contribution in [0, 0.1) is 11.6 Å². The summed E-state index contributed by atoms with van der Waals surface area (Å²) in [6.45, 7) is 2.93. The topological polar surface area (TPSA) is 32.3 Å². The third-order valence-corrected chi connectivity index (χ3v) is 3.70. The van der Waals surface area contributed by atoms with Crippen LogP contribution in [-0.4, -0.2) is 36.3 Å². The van der Waals surface area contributed by atoms with Crippen molar-refractivity contribution in [2.24, 2.45) is 0 Å². The molecule has 7 heteroatoms. The number of benzene rings is 1. The van der Waals surface area contributed by atoms with Gasteiger partial charge in [-0.2, -0.15) is 0 Å². The molecular weight excluding hydrogens is 294 g/mol. The molecule has 1 fully saturated rings. The Bertz CT molecular complexity index is 442. The van der Waals surface area contributed by atoms with E-state index < -0.39 is 11.6 Å². The first kappa shape index (κ1) is 16.2. The van der Waals surface area contributed by atoms with Gasteiger partial charge in [0.2, 0.25) is 0 Å². The predicted molar refractivity (Wildman–Crippen MR) is 74.7 cm³/mol. The van der Waals surface area contributed by atoms with Crippen LogP contribution < -0.4 is 5.32 Å². The van der Waals surface area contributed by atoms with Crippen molar-refractivity contribution >= 4 is 29.4 Å². The highest BCUT2D eigenvalue weighted by Crippen LogP contribution is 2.19. The highest BCUT2D eigenvalue weighted by atomic mass is 35.5. The third kappa shape index (κ3) is 4.63. The number of hydrogen-bond donors (Lipinski definition) is 1. The maximum absolute atomic E-state index is 13.4. The first-order valence-corrected chi connectivity index (χ1v) is 6.72. The van der Waals surface area contributed by atoms with Crippen molar-refractivity contribution in [2.45, 2.75) is 5.75 Å². The molecule has 0 atom stereocenters. The minimum Gasteiger partial charge on any atom is -0.331 e. The molecule has 0 spiro atoms. The molecule has 0 bridgehead atoms. The Morgan fingerprint density at radius 2 is 2.00 bits per heavy atom. The molecule has 1 aromatic carbocycles. The number of nitrogens with zero attached hydrogens (tertiary/aromatic N) is 1. The van der Waals surface area contributed by atoms with Crippen LogP contribution >= 0.6 is 24.2 Å². The van der Waals surface area contributed by atoms with Gasteiger partial charge in [0, 0.05) is 38.0 Å². The molecule has 1 saturated heterocycles. The maximum atomic E-state index is 13.4. The number of halogens is 3. The fourth-order valence-corrected chi connectivity index (χ4v) is 2.60. The van der Waals surface area contributed by atoms with Crippen molar-refractivity contribution in [1.82, 2.24) is 10.2 Å². The van der Waals surface area contributed by atoms with Gasteiger partial charge in [0.25, 0.3) is 5.24 Å². The molecule has 106 valence electrons. The van der Waals surface area contributed by atoms with Crippen molar-refractivity contribution in [3.8, 4) is 0 Å². The van der Waals surface area contributed by atoms with Gasteiger partial charge in [-0.25, -0.2) is 8.78 Å². The van der Waals surface area contributed by atoms with Crippen LogP contribution in [0.1, 0.15) is 5.56 Å². The molecule has 1 aliphatic rings. The molecule has 0 aliphatic carbocycles. The molecule has 0 radical (unpaired) electrons. The van der Waals surface area contributed by atoms with Crippen LogP contribution in [0.5, 0.6) is 0 Å². The molecule has 3 nitrogen and oxygen atoms in total. The first-order valence-electron chi connectivity index (χ1n) is 5.73. The molecule has 0 saturated carbocycles. The van der Waals surface area contributed by atoms with Crippen molar-refractivity contribution in [2.75, 3.05) is 26.2 Å². The molecule has 1 aromatic rings. The summed E-state index contributed by atoms with van der Waals surface area (Å²) < 4.78 is 26.1. The zero-order chi connectivity index (χ0) is 13.0. The highest BCUT2D eigenvalue weighted by molar-refractivity contribution is 8.12. The van der Waals surface area contributed by atoms with E-state index in [1.165, 1.54) is 12.1 Å². The van der Waals surface area contributed by atoms with Crippen LogP contribution in [0.15, 0.2) is 18.2 Å². The summed E-state index contributed by atoms with van der Waals surface area (Å²) in [5.74, 6) is -0.972. The smallest absolute Gasteiger partial charge is 0.282 e. The Hall–Kier alpha value is -0.850. The monoisotopic (exact) mass is 308 g/mol. The van der Waals surface area contributed by atoms with Gasteiger partial charge in [0.1, 0.15) is 11.6 Å². The third-order valence-electron chi connectivity index (χ3n) is 2.74. The number of amides is 1. The van der Waals surface area contributed by atoms with Gasteiger partial charge in [-0.3, -0.25) is 4.79 Å². The summed E-state index contributed by atoms with van der Waals surface area (Å²) in [5.41, 5.74) is 0.352. The lowest BCUT2D eigenvalue weighted by Gasteiger charge is -2.26. The van der Waals surface area contributed by atoms with Gasteiger partial charge in [-0.05, 0) is 11.6 Å². The summed E-state index contributed by atoms with van der Waals surface area (Å²) in [4.78, 5) is 13.6. The van der Waals surface area contributed by atoms with Crippen molar-refractivity contribution in [3.05, 3.63) is 35.4 Å². The van der Waals surface area contributed by atoms with Crippen molar-refractivity contribution in [3.63, 3.8) is 0 Å². The molecule has 2 rings (SSSR count). The lowest BCUT2D eigenvalue weighted by molar-refractivity contribution is 0.215. The highest BCUT2D eigenvalue weighted by Gasteiger charge is 2.17. The van der Waals surface area contributed by atoms with Gasteiger partial charge in [0.15, 0.2) is 0 Å². The van der Waals surface area contributed by atoms with E-state index in [1.54, 1.807) is 4.90 Å². The average Bonchev–Trinajstić information content (AvgIpc) is 2.38. The second-order valence-electron chi connectivity index (χ2n) is 4.03. The Labute approximate surface area is 121 Å². The number of thioether (sulfide) groups is 1. The second-order valence-corrected chi connectivity index (χ2v) is 4.95. The average molecular weight is 309 g/mol. The predicted octanol–water partition coefficient (Wildman–Crippen LogP) is 2.65. The van der Waals surface area contributed by atoms with E-state index in [4.69, 9.17) is 0 Å². The number of piperazine rings is 1. The fourth-order valence-electron chi connectivity index (χ4n) is 1.72. The van der Waals surface area contributed by atoms with E-state index in [2.05, 4.69) is 5.32 Å². The standard InChI is InChI=1S/C12H14F2N2OS.ClH/c13-10-2-1-9(11(14)7-10)8-18-12(17)16-5-3-15-4-6-16;/h1-2,7,15H,3-6,8H2;1H. The summed E-state index contributed by atoms with van der Waals surface area (Å²) in [7, 11) is 0. The zero-order valence-corrected chi connectivity index (χ0v) is 11.8. The minimum absolute atomic E-state index is 0. The number of carbonyl (C=O) groups excluding carboxylic acids is 1. The molecular formula is C12H15ClF2N2OS. The van der Waals surface area contributed by atoms with Crippen LogP contribution in [0.2, 0.25) is 0 Å². The Balaban J connectivity index is 0.00000180. The van der Waals surface area contributed by atoms with Crippen LogP contribution in [-0.2, 0) is 5.75 Å². The zero-order valence-electron chi connectivity index (χ0n) is 10.2. The molecule has 0 unspecified atom stereocenters. The number of rotatable bonds is 2. The van der Waals surface area contributed by atoms with E-state index in [0.29, 0.717) is 18.7 Å². The minimum atomic E-state index is -0.602. The lowest BCUT2D eigenvalue weighted by Crippen LogP contribution is -2.45. The van der Waals surface area contributed by atoms with Gasteiger partial charge < -0.3 is 10.2 Å². The van der Waals surface area contributed by atoms with E-state index in [0.717, 1.165) is 30.9 Å². The molecule has 0 aromatic heterocycles. The quantitative estimate of drug-likeness (QED) is 0.911. The molecule has 19 heavy (non-hydrogen) atoms. The van der Waals surface area contributed by atoms with Gasteiger partial charge in [-0.1, -0.05) is 17.8 Å². The fraction of sp³-hybridized carbons (Fsp3) is 0.417. The molecule has 1 N–H and O–H groups in total. The summed E-state index contributed by atoms with van der Waals surface area (Å²) >= 11 is 1.05. The Kier molecular flexibility index (Phi) is 6.54. The Morgan fingerprint density at radius 3 is 2.63 bits per heavy atom. The van der Waals surface area contributed by atoms with E-state index >= 15 is 0 Å². The molecule has 1 aliphatic heterocycles. The number of hydrogen-bond acceptors (Lipinski definition) is 3. The van der Waals surface area contributed by atoms with Crippen LogP contribution in [0.4, 0.5) is 13.6 Å². The first-order chi connectivity index (χ1) is 8.66. The van der Waals surface area contributed by atoms with Crippen LogP contribution in [0.3, 0.4) is 0 Å². The van der Waals surface area contributed by atoms with Crippen molar-refractivity contribution < 1.29 is 13.6 Å². The van der Waals surface area contributed by atoms with Gasteiger partial charge in [0.05, 0.1) is 0 Å². The lowest BCUT2D eigenvalue weighted by atomic mass is 10.2. The second kappa shape index (κ2) is 7.67. The molecule has 1 amide bonds. The molecule has 1 heterocycles. The normalized spacial score (nSPS) is 14.9. The summed E-state index contributed by atoms with van der Waals surface area (Å²) in [6, 6.07) is 3.42. The Morgan fingerprint density at radius 1 is 1.32 bits per heavy atom. The van der Waals surface area contributed by atoms with E-state index in [1.807, 2.05) is 0 Å². The van der Waals surface area contributed by atoms with Gasteiger partial charge >= 0.3 is 0 Å². The van der Waals surface area contributed by atoms with E-state index in [9.17, 15) is 13.6 Å². The largest absolute Gasteiger partial charge is 0.331 e. The van der Waals surface area contributed by atoms with Crippen LogP contribution in [0.25, 0.3) is 0 Å². The van der Waals surface area contributed by atoms with Gasteiger partial charge in [-0.15, -0.1) is 12.4 Å². The summed E-state index contributed by atoms with van der Waals surface area (Å²) in [5, 5.41) is 3.10. The van der Waals surface area contributed by atoms with Crippen molar-refractivity contribution in [1.29, 1.82) is 0 Å². The number of carbonyl (C=O) groups is 1. The number of nitrogens with one attached hydrogen (secondary N) is 1. The summed E-state index contributed by atoms with van der Waals surface area (Å²) in [6.07, 6.45) is 0. The maximum Gasteiger partial charge on any atom is 0.282 e.